The largest absolute Gasteiger partial charge is 0.380 e. The van der Waals surface area contributed by atoms with E-state index in [-0.39, 0.29) is 0 Å². The Bertz CT molecular complexity index is 442. The summed E-state index contributed by atoms with van der Waals surface area (Å²) in [4.78, 5) is 2.28. The minimum Gasteiger partial charge on any atom is -0.380 e. The lowest BCUT2D eigenvalue weighted by Crippen LogP contribution is -2.46. The molecular formula is C13H16BrNO3. The van der Waals surface area contributed by atoms with Crippen LogP contribution in [0.4, 0.5) is 5.69 Å². The summed E-state index contributed by atoms with van der Waals surface area (Å²) in [6.07, 6.45) is 0. The summed E-state index contributed by atoms with van der Waals surface area (Å²) in [5, 5.41) is 10.3. The standard InChI is InChI=1S/C13H16BrNO3/c14-11-5-10(13(16)8-18-9-13)6-12(7-11)15-1-3-17-4-2-15/h5-7,16H,1-4,8-9H2. The van der Waals surface area contributed by atoms with E-state index in [1.54, 1.807) is 0 Å². The summed E-state index contributed by atoms with van der Waals surface area (Å²) in [7, 11) is 0. The number of hydrogen-bond acceptors (Lipinski definition) is 4. The van der Waals surface area contributed by atoms with Crippen LogP contribution in [-0.2, 0) is 15.1 Å². The van der Waals surface area contributed by atoms with E-state index in [9.17, 15) is 5.11 Å². The number of ether oxygens (including phenoxy) is 2. The van der Waals surface area contributed by atoms with Crippen LogP contribution in [0, 0.1) is 0 Å². The van der Waals surface area contributed by atoms with Crippen molar-refractivity contribution in [3.05, 3.63) is 28.2 Å². The molecule has 2 saturated heterocycles. The van der Waals surface area contributed by atoms with Gasteiger partial charge in [-0.15, -0.1) is 0 Å². The number of hydrogen-bond donors (Lipinski definition) is 1. The van der Waals surface area contributed by atoms with Crippen LogP contribution < -0.4 is 4.90 Å². The van der Waals surface area contributed by atoms with Gasteiger partial charge < -0.3 is 19.5 Å². The fourth-order valence-corrected chi connectivity index (χ4v) is 2.79. The van der Waals surface area contributed by atoms with E-state index >= 15 is 0 Å². The average molecular weight is 314 g/mol. The molecule has 0 unspecified atom stereocenters. The van der Waals surface area contributed by atoms with Gasteiger partial charge in [0, 0.05) is 23.2 Å². The van der Waals surface area contributed by atoms with Crippen LogP contribution in [0.2, 0.25) is 0 Å². The minimum atomic E-state index is -0.815. The van der Waals surface area contributed by atoms with Gasteiger partial charge in [0.1, 0.15) is 5.60 Å². The van der Waals surface area contributed by atoms with E-state index in [1.165, 1.54) is 0 Å². The van der Waals surface area contributed by atoms with Gasteiger partial charge in [0.15, 0.2) is 0 Å². The van der Waals surface area contributed by atoms with E-state index < -0.39 is 5.60 Å². The molecule has 0 amide bonds. The van der Waals surface area contributed by atoms with Gasteiger partial charge >= 0.3 is 0 Å². The zero-order valence-electron chi connectivity index (χ0n) is 10.1. The summed E-state index contributed by atoms with van der Waals surface area (Å²) in [6, 6.07) is 6.10. The van der Waals surface area contributed by atoms with Crippen molar-refractivity contribution in [1.82, 2.24) is 0 Å². The molecule has 3 rings (SSSR count). The van der Waals surface area contributed by atoms with Gasteiger partial charge in [0.05, 0.1) is 26.4 Å². The van der Waals surface area contributed by atoms with Gasteiger partial charge in [0.2, 0.25) is 0 Å². The second-order valence-electron chi connectivity index (χ2n) is 4.82. The Morgan fingerprint density at radius 1 is 1.11 bits per heavy atom. The maximum Gasteiger partial charge on any atom is 0.136 e. The Balaban J connectivity index is 1.90. The van der Waals surface area contributed by atoms with Crippen molar-refractivity contribution in [2.45, 2.75) is 5.60 Å². The molecule has 0 radical (unpaired) electrons. The van der Waals surface area contributed by atoms with E-state index in [0.717, 1.165) is 42.0 Å². The Morgan fingerprint density at radius 3 is 2.44 bits per heavy atom. The summed E-state index contributed by atoms with van der Waals surface area (Å²) >= 11 is 3.52. The second kappa shape index (κ2) is 4.81. The molecule has 18 heavy (non-hydrogen) atoms. The van der Waals surface area contributed by atoms with Crippen molar-refractivity contribution in [2.24, 2.45) is 0 Å². The molecule has 0 aliphatic carbocycles. The predicted octanol–water partition coefficient (Wildman–Crippen LogP) is 1.50. The molecule has 1 N–H and O–H groups in total. The van der Waals surface area contributed by atoms with Crippen LogP contribution in [0.1, 0.15) is 5.56 Å². The molecule has 2 aliphatic rings. The lowest BCUT2D eigenvalue weighted by molar-refractivity contribution is -0.184. The van der Waals surface area contributed by atoms with Crippen LogP contribution in [0.3, 0.4) is 0 Å². The quantitative estimate of drug-likeness (QED) is 0.898. The predicted molar refractivity (Wildman–Crippen MR) is 71.9 cm³/mol. The first-order valence-electron chi connectivity index (χ1n) is 6.11. The first-order valence-corrected chi connectivity index (χ1v) is 6.91. The van der Waals surface area contributed by atoms with Gasteiger partial charge in [-0.1, -0.05) is 15.9 Å². The highest BCUT2D eigenvalue weighted by molar-refractivity contribution is 9.10. The van der Waals surface area contributed by atoms with E-state index in [0.29, 0.717) is 13.2 Å². The fraction of sp³-hybridized carbons (Fsp3) is 0.538. The monoisotopic (exact) mass is 313 g/mol. The summed E-state index contributed by atoms with van der Waals surface area (Å²) in [5.74, 6) is 0. The third kappa shape index (κ3) is 2.28. The van der Waals surface area contributed by atoms with Crippen molar-refractivity contribution >= 4 is 21.6 Å². The topological polar surface area (TPSA) is 41.9 Å². The molecule has 4 nitrogen and oxygen atoms in total. The molecule has 0 aromatic heterocycles. The molecule has 2 fully saturated rings. The average Bonchev–Trinajstić information content (AvgIpc) is 2.36. The summed E-state index contributed by atoms with van der Waals surface area (Å²) in [6.45, 7) is 4.07. The van der Waals surface area contributed by atoms with E-state index in [4.69, 9.17) is 9.47 Å². The van der Waals surface area contributed by atoms with Crippen molar-refractivity contribution in [3.8, 4) is 0 Å². The van der Waals surface area contributed by atoms with Gasteiger partial charge in [-0.2, -0.15) is 0 Å². The maximum atomic E-state index is 10.3. The highest BCUT2D eigenvalue weighted by Gasteiger charge is 2.38. The molecule has 98 valence electrons. The van der Waals surface area contributed by atoms with Crippen molar-refractivity contribution in [2.75, 3.05) is 44.4 Å². The minimum absolute atomic E-state index is 0.381. The normalized spacial score (nSPS) is 22.7. The number of aliphatic hydroxyl groups is 1. The Labute approximate surface area is 115 Å². The number of nitrogens with zero attached hydrogens (tertiary/aromatic N) is 1. The number of morpholine rings is 1. The first-order chi connectivity index (χ1) is 8.67. The third-order valence-electron chi connectivity index (χ3n) is 3.48. The van der Waals surface area contributed by atoms with Crippen LogP contribution in [0.25, 0.3) is 0 Å². The van der Waals surface area contributed by atoms with Gasteiger partial charge in [0.25, 0.3) is 0 Å². The summed E-state index contributed by atoms with van der Waals surface area (Å²) in [5.41, 5.74) is 1.23. The number of anilines is 1. The third-order valence-corrected chi connectivity index (χ3v) is 3.94. The Hall–Kier alpha value is -0.620. The van der Waals surface area contributed by atoms with Crippen LogP contribution >= 0.6 is 15.9 Å². The lowest BCUT2D eigenvalue weighted by Gasteiger charge is -2.38. The van der Waals surface area contributed by atoms with Crippen molar-refractivity contribution in [3.63, 3.8) is 0 Å². The Morgan fingerprint density at radius 2 is 1.83 bits per heavy atom. The highest BCUT2D eigenvalue weighted by atomic mass is 79.9. The van der Waals surface area contributed by atoms with Crippen molar-refractivity contribution < 1.29 is 14.6 Å². The van der Waals surface area contributed by atoms with Gasteiger partial charge in [-0.3, -0.25) is 0 Å². The molecule has 1 aromatic rings. The number of halogens is 1. The van der Waals surface area contributed by atoms with Crippen LogP contribution in [0.15, 0.2) is 22.7 Å². The molecule has 2 aliphatic heterocycles. The summed E-state index contributed by atoms with van der Waals surface area (Å²) < 4.78 is 11.5. The highest BCUT2D eigenvalue weighted by Crippen LogP contribution is 2.34. The van der Waals surface area contributed by atoms with E-state index in [2.05, 4.69) is 33.0 Å². The second-order valence-corrected chi connectivity index (χ2v) is 5.74. The number of benzene rings is 1. The SMILES string of the molecule is OC1(c2cc(Br)cc(N3CCOCC3)c2)COC1. The molecule has 0 spiro atoms. The van der Waals surface area contributed by atoms with Crippen LogP contribution in [-0.4, -0.2) is 44.6 Å². The Kier molecular flexibility index (Phi) is 3.32. The molecule has 0 bridgehead atoms. The first kappa shape index (κ1) is 12.4. The molecule has 1 aromatic carbocycles. The zero-order valence-corrected chi connectivity index (χ0v) is 11.6. The zero-order chi connectivity index (χ0) is 12.6. The molecule has 2 heterocycles. The van der Waals surface area contributed by atoms with Crippen molar-refractivity contribution in [1.29, 1.82) is 0 Å². The van der Waals surface area contributed by atoms with Crippen LogP contribution in [0.5, 0.6) is 0 Å². The maximum absolute atomic E-state index is 10.3. The molecule has 0 saturated carbocycles. The smallest absolute Gasteiger partial charge is 0.136 e. The lowest BCUT2D eigenvalue weighted by atomic mass is 9.91. The van der Waals surface area contributed by atoms with E-state index in [1.807, 2.05) is 6.07 Å². The molecular weight excluding hydrogens is 298 g/mol. The fourth-order valence-electron chi connectivity index (χ4n) is 2.31. The van der Waals surface area contributed by atoms with Gasteiger partial charge in [-0.05, 0) is 23.8 Å². The molecule has 5 heteroatoms. The molecule has 0 atom stereocenters. The van der Waals surface area contributed by atoms with Gasteiger partial charge in [-0.25, -0.2) is 0 Å². The number of rotatable bonds is 2.